The van der Waals surface area contributed by atoms with Crippen LogP contribution in [0, 0.1) is 5.82 Å². The number of esters is 1. The normalized spacial score (nSPS) is 11.0. The van der Waals surface area contributed by atoms with Gasteiger partial charge in [0.15, 0.2) is 0 Å². The summed E-state index contributed by atoms with van der Waals surface area (Å²) in [5.41, 5.74) is 0.705. The highest BCUT2D eigenvalue weighted by molar-refractivity contribution is 7.89. The molecule has 0 saturated carbocycles. The summed E-state index contributed by atoms with van der Waals surface area (Å²) >= 11 is 0. The fourth-order valence-electron chi connectivity index (χ4n) is 1.87. The maximum absolute atomic E-state index is 12.8. The zero-order valence-corrected chi connectivity index (χ0v) is 14.0. The van der Waals surface area contributed by atoms with Crippen LogP contribution in [0.4, 0.5) is 10.1 Å². The Kier molecular flexibility index (Phi) is 5.84. The van der Waals surface area contributed by atoms with E-state index in [0.717, 1.165) is 24.3 Å². The van der Waals surface area contributed by atoms with Crippen molar-refractivity contribution in [3.63, 3.8) is 0 Å². The summed E-state index contributed by atoms with van der Waals surface area (Å²) in [6.45, 7) is -0.502. The maximum Gasteiger partial charge on any atom is 0.337 e. The van der Waals surface area contributed by atoms with Gasteiger partial charge in [0.05, 0.1) is 24.1 Å². The Bertz CT molecular complexity index is 864. The Hall–Kier alpha value is -2.78. The second-order valence-electron chi connectivity index (χ2n) is 4.90. The van der Waals surface area contributed by atoms with Crippen molar-refractivity contribution < 1.29 is 27.1 Å². The van der Waals surface area contributed by atoms with Gasteiger partial charge in [0, 0.05) is 5.69 Å². The molecule has 2 rings (SSSR count). The molecule has 0 radical (unpaired) electrons. The lowest BCUT2D eigenvalue weighted by Crippen LogP contribution is -2.32. The van der Waals surface area contributed by atoms with Gasteiger partial charge in [0.1, 0.15) is 5.82 Å². The molecule has 25 heavy (non-hydrogen) atoms. The highest BCUT2D eigenvalue weighted by Crippen LogP contribution is 2.11. The Morgan fingerprint density at radius 2 is 1.64 bits per heavy atom. The van der Waals surface area contributed by atoms with Crippen LogP contribution in [0.5, 0.6) is 0 Å². The third-order valence-electron chi connectivity index (χ3n) is 3.14. The number of benzene rings is 2. The number of ether oxygens (including phenoxy) is 1. The van der Waals surface area contributed by atoms with Gasteiger partial charge in [-0.05, 0) is 48.5 Å². The number of nitrogens with one attached hydrogen (secondary N) is 2. The second-order valence-corrected chi connectivity index (χ2v) is 6.66. The molecule has 0 unspecified atom stereocenters. The fraction of sp³-hybridized carbons (Fsp3) is 0.125. The van der Waals surface area contributed by atoms with E-state index < -0.39 is 34.3 Å². The Balaban J connectivity index is 1.94. The fourth-order valence-corrected chi connectivity index (χ4v) is 2.85. The lowest BCUT2D eigenvalue weighted by atomic mass is 10.2. The molecule has 0 aliphatic carbocycles. The van der Waals surface area contributed by atoms with Gasteiger partial charge in [0.2, 0.25) is 15.9 Å². The number of methoxy groups -OCH3 is 1. The Morgan fingerprint density at radius 3 is 2.20 bits per heavy atom. The monoisotopic (exact) mass is 366 g/mol. The van der Waals surface area contributed by atoms with Crippen molar-refractivity contribution in [2.75, 3.05) is 19.0 Å². The van der Waals surface area contributed by atoms with Crippen molar-refractivity contribution in [2.24, 2.45) is 0 Å². The van der Waals surface area contributed by atoms with Crippen LogP contribution in [0.3, 0.4) is 0 Å². The van der Waals surface area contributed by atoms with E-state index in [4.69, 9.17) is 0 Å². The molecule has 0 aromatic heterocycles. The number of hydrogen-bond donors (Lipinski definition) is 2. The van der Waals surface area contributed by atoms with E-state index in [2.05, 4.69) is 14.8 Å². The van der Waals surface area contributed by atoms with Gasteiger partial charge in [-0.25, -0.2) is 22.3 Å². The van der Waals surface area contributed by atoms with E-state index in [1.54, 1.807) is 0 Å². The molecule has 132 valence electrons. The molecule has 2 N–H and O–H groups in total. The summed E-state index contributed by atoms with van der Waals surface area (Å²) in [4.78, 5) is 23.0. The van der Waals surface area contributed by atoms with Crippen LogP contribution in [0.2, 0.25) is 0 Å². The standard InChI is InChI=1S/C16H15FN2O5S/c1-24-16(21)11-2-6-13(7-3-11)19-15(20)10-18-25(22,23)14-8-4-12(17)5-9-14/h2-9,18H,10H2,1H3,(H,19,20). The molecule has 0 atom stereocenters. The third-order valence-corrected chi connectivity index (χ3v) is 4.55. The molecule has 0 saturated heterocycles. The number of sulfonamides is 1. The molecule has 9 heteroatoms. The van der Waals surface area contributed by atoms with E-state index in [0.29, 0.717) is 11.3 Å². The smallest absolute Gasteiger partial charge is 0.337 e. The van der Waals surface area contributed by atoms with Gasteiger partial charge >= 0.3 is 5.97 Å². The van der Waals surface area contributed by atoms with Crippen molar-refractivity contribution >= 4 is 27.6 Å². The number of anilines is 1. The van der Waals surface area contributed by atoms with Crippen molar-refractivity contribution in [1.82, 2.24) is 4.72 Å². The number of carbonyl (C=O) groups is 2. The first kappa shape index (κ1) is 18.6. The maximum atomic E-state index is 12.8. The highest BCUT2D eigenvalue weighted by Gasteiger charge is 2.15. The second kappa shape index (κ2) is 7.86. The molecule has 0 heterocycles. The molecule has 0 fully saturated rings. The summed E-state index contributed by atoms with van der Waals surface area (Å²) in [7, 11) is -2.67. The minimum atomic E-state index is -3.92. The van der Waals surface area contributed by atoms with Crippen molar-refractivity contribution in [3.05, 3.63) is 59.9 Å². The van der Waals surface area contributed by atoms with Gasteiger partial charge < -0.3 is 10.1 Å². The quantitative estimate of drug-likeness (QED) is 0.755. The number of hydrogen-bond acceptors (Lipinski definition) is 5. The van der Waals surface area contributed by atoms with Crippen LogP contribution in [-0.4, -0.2) is 33.9 Å². The van der Waals surface area contributed by atoms with Gasteiger partial charge in [-0.1, -0.05) is 0 Å². The van der Waals surface area contributed by atoms with Gasteiger partial charge in [-0.3, -0.25) is 4.79 Å². The predicted octanol–water partition coefficient (Wildman–Crippen LogP) is 1.53. The van der Waals surface area contributed by atoms with Crippen molar-refractivity contribution in [1.29, 1.82) is 0 Å². The first-order valence-corrected chi connectivity index (χ1v) is 8.53. The number of amides is 1. The molecule has 2 aromatic carbocycles. The molecule has 0 bridgehead atoms. The topological polar surface area (TPSA) is 102 Å². The summed E-state index contributed by atoms with van der Waals surface area (Å²) in [5.74, 6) is -1.67. The van der Waals surface area contributed by atoms with Crippen LogP contribution in [-0.2, 0) is 19.6 Å². The molecule has 0 spiro atoms. The number of carbonyl (C=O) groups excluding carboxylic acids is 2. The van der Waals surface area contributed by atoms with E-state index in [-0.39, 0.29) is 4.90 Å². The summed E-state index contributed by atoms with van der Waals surface area (Å²) in [6.07, 6.45) is 0. The van der Waals surface area contributed by atoms with Crippen LogP contribution in [0.15, 0.2) is 53.4 Å². The van der Waals surface area contributed by atoms with E-state index in [1.165, 1.54) is 31.4 Å². The summed E-state index contributed by atoms with van der Waals surface area (Å²) in [6, 6.07) is 10.1. The molecule has 7 nitrogen and oxygen atoms in total. The highest BCUT2D eigenvalue weighted by atomic mass is 32.2. The lowest BCUT2D eigenvalue weighted by molar-refractivity contribution is -0.115. The predicted molar refractivity (Wildman–Crippen MR) is 88.0 cm³/mol. The van der Waals surface area contributed by atoms with Crippen LogP contribution < -0.4 is 10.0 Å². The SMILES string of the molecule is COC(=O)c1ccc(NC(=O)CNS(=O)(=O)c2ccc(F)cc2)cc1. The third kappa shape index (κ3) is 5.10. The van der Waals surface area contributed by atoms with E-state index in [1.807, 2.05) is 0 Å². The average molecular weight is 366 g/mol. The first-order valence-electron chi connectivity index (χ1n) is 7.05. The summed E-state index contributed by atoms with van der Waals surface area (Å²) in [5, 5.41) is 2.48. The molecule has 2 aromatic rings. The summed E-state index contributed by atoms with van der Waals surface area (Å²) < 4.78 is 43.5. The molecule has 0 aliphatic heterocycles. The van der Waals surface area contributed by atoms with Gasteiger partial charge in [-0.15, -0.1) is 0 Å². The van der Waals surface area contributed by atoms with Crippen molar-refractivity contribution in [3.8, 4) is 0 Å². The first-order chi connectivity index (χ1) is 11.8. The molecule has 0 aliphatic rings. The number of halogens is 1. The Morgan fingerprint density at radius 1 is 1.04 bits per heavy atom. The number of rotatable bonds is 6. The van der Waals surface area contributed by atoms with E-state index >= 15 is 0 Å². The largest absolute Gasteiger partial charge is 0.465 e. The minimum Gasteiger partial charge on any atom is -0.465 e. The minimum absolute atomic E-state index is 0.149. The lowest BCUT2D eigenvalue weighted by Gasteiger charge is -2.08. The van der Waals surface area contributed by atoms with Crippen LogP contribution >= 0.6 is 0 Å². The van der Waals surface area contributed by atoms with E-state index in [9.17, 15) is 22.4 Å². The molecular weight excluding hydrogens is 351 g/mol. The zero-order valence-electron chi connectivity index (χ0n) is 13.2. The average Bonchev–Trinajstić information content (AvgIpc) is 2.60. The Labute approximate surface area is 143 Å². The molecular formula is C16H15FN2O5S. The molecule has 1 amide bonds. The zero-order chi connectivity index (χ0) is 18.4. The van der Waals surface area contributed by atoms with Crippen molar-refractivity contribution in [2.45, 2.75) is 4.90 Å². The van der Waals surface area contributed by atoms with Crippen LogP contribution in [0.1, 0.15) is 10.4 Å². The van der Waals surface area contributed by atoms with Gasteiger partial charge in [-0.2, -0.15) is 0 Å². The van der Waals surface area contributed by atoms with Crippen LogP contribution in [0.25, 0.3) is 0 Å². The van der Waals surface area contributed by atoms with Gasteiger partial charge in [0.25, 0.3) is 0 Å².